The zero-order valence-electron chi connectivity index (χ0n) is 31.0. The van der Waals surface area contributed by atoms with E-state index in [9.17, 15) is 0 Å². The van der Waals surface area contributed by atoms with Crippen LogP contribution in [0.5, 0.6) is 0 Å². The predicted molar refractivity (Wildman–Crippen MR) is 207 cm³/mol. The van der Waals surface area contributed by atoms with Crippen LogP contribution in [-0.4, -0.2) is 9.38 Å². The summed E-state index contributed by atoms with van der Waals surface area (Å²) in [5.74, 6) is 0. The first-order valence-corrected chi connectivity index (χ1v) is 17.7. The molecule has 3 aromatic heterocycles. The van der Waals surface area contributed by atoms with Gasteiger partial charge in [0.05, 0.1) is 22.1 Å². The molecule has 0 saturated carbocycles. The normalized spacial score (nSPS) is 13.9. The molecule has 0 aliphatic carbocycles. The van der Waals surface area contributed by atoms with E-state index in [2.05, 4.69) is 142 Å². The Balaban J connectivity index is 1.74. The third-order valence-electron chi connectivity index (χ3n) is 9.56. The second-order valence-corrected chi connectivity index (χ2v) is 19.5. The number of nitrogens with zero attached hydrogens (tertiary/aromatic N) is 2. The van der Waals surface area contributed by atoms with E-state index in [0.717, 1.165) is 31.2 Å². The lowest BCUT2D eigenvalue weighted by Crippen LogP contribution is -2.12. The van der Waals surface area contributed by atoms with Crippen molar-refractivity contribution < 1.29 is 0 Å². The Hall–Kier alpha value is -3.65. The number of pyridine rings is 2. The van der Waals surface area contributed by atoms with Crippen molar-refractivity contribution in [2.45, 2.75) is 109 Å². The van der Waals surface area contributed by atoms with Gasteiger partial charge >= 0.3 is 0 Å². The minimum atomic E-state index is 0.111. The van der Waals surface area contributed by atoms with Crippen molar-refractivity contribution in [1.29, 1.82) is 0 Å². The summed E-state index contributed by atoms with van der Waals surface area (Å²) in [7, 11) is 0. The summed E-state index contributed by atoms with van der Waals surface area (Å²) in [4.78, 5) is 5.21. The second-order valence-electron chi connectivity index (χ2n) is 19.5. The Morgan fingerprint density at radius 2 is 1.11 bits per heavy atom. The maximum atomic E-state index is 5.21. The molecule has 7 aromatic rings. The summed E-state index contributed by atoms with van der Waals surface area (Å²) in [6.07, 6.45) is 6.15. The van der Waals surface area contributed by atoms with Crippen LogP contribution in [-0.2, 0) is 25.7 Å². The first-order valence-electron chi connectivity index (χ1n) is 17.7. The van der Waals surface area contributed by atoms with Gasteiger partial charge in [-0.15, -0.1) is 0 Å². The first kappa shape index (κ1) is 31.9. The van der Waals surface area contributed by atoms with E-state index in [-0.39, 0.29) is 21.7 Å². The van der Waals surface area contributed by atoms with Crippen molar-refractivity contribution in [3.63, 3.8) is 0 Å². The van der Waals surface area contributed by atoms with Gasteiger partial charge in [0.1, 0.15) is 0 Å². The quantitative estimate of drug-likeness (QED) is 0.141. The molecule has 0 fully saturated rings. The molecule has 0 N–H and O–H groups in total. The average molecular weight is 623 g/mol. The summed E-state index contributed by atoms with van der Waals surface area (Å²) >= 11 is 0. The monoisotopic (exact) mass is 622 g/mol. The molecule has 0 bridgehead atoms. The highest BCUT2D eigenvalue weighted by Crippen LogP contribution is 2.46. The third-order valence-corrected chi connectivity index (χ3v) is 9.56. The largest absolute Gasteiger partial charge is 0.308 e. The van der Waals surface area contributed by atoms with Crippen molar-refractivity contribution >= 4 is 59.8 Å². The van der Waals surface area contributed by atoms with E-state index in [1.54, 1.807) is 0 Å². The van der Waals surface area contributed by atoms with E-state index in [1.807, 2.05) is 6.20 Å². The van der Waals surface area contributed by atoms with Crippen LogP contribution in [0.3, 0.4) is 0 Å². The van der Waals surface area contributed by atoms with Gasteiger partial charge in [-0.1, -0.05) is 119 Å². The molecule has 2 nitrogen and oxygen atoms in total. The molecule has 244 valence electrons. The Morgan fingerprint density at radius 1 is 0.511 bits per heavy atom. The molecule has 0 amide bonds. The van der Waals surface area contributed by atoms with E-state index in [4.69, 9.17) is 4.98 Å². The Kier molecular flexibility index (Phi) is 7.08. The number of rotatable bonds is 4. The lowest BCUT2D eigenvalue weighted by Gasteiger charge is -2.25. The van der Waals surface area contributed by atoms with E-state index >= 15 is 0 Å². The maximum absolute atomic E-state index is 5.21. The average Bonchev–Trinajstić information content (AvgIpc) is 3.24. The zero-order chi connectivity index (χ0) is 33.8. The molecule has 47 heavy (non-hydrogen) atoms. The van der Waals surface area contributed by atoms with Crippen molar-refractivity contribution in [1.82, 2.24) is 9.38 Å². The Morgan fingerprint density at radius 3 is 1.72 bits per heavy atom. The Bertz CT molecular complexity index is 2320. The van der Waals surface area contributed by atoms with Crippen molar-refractivity contribution in [2.75, 3.05) is 0 Å². The summed E-state index contributed by atoms with van der Waals surface area (Å²) in [5.41, 5.74) is 11.6. The smallest absolute Gasteiger partial charge is 0.0823 e. The fraction of sp³-hybridized carbons (Fsp3) is 0.444. The van der Waals surface area contributed by atoms with Crippen LogP contribution in [0.15, 0.2) is 60.8 Å². The standard InChI is InChI=1S/C45H54N2/c1-42(2,3)23-27-13-15-32-30(19-27)22-34-39-38-29(17-18-46-39)21-31(25-44(7,8)9)37-33-16-14-28(24-43(4,5)6)20-36(33)47(41(37)38)40(34)35(32)26-45(10,11)12/h13-22H,23-26H2,1-12H3. The number of hydrogen-bond donors (Lipinski definition) is 0. The first-order chi connectivity index (χ1) is 21.8. The highest BCUT2D eigenvalue weighted by Gasteiger charge is 2.27. The molecule has 0 spiro atoms. The molecule has 4 aromatic carbocycles. The van der Waals surface area contributed by atoms with Gasteiger partial charge in [-0.25, -0.2) is 0 Å². The summed E-state index contributed by atoms with van der Waals surface area (Å²) in [6.45, 7) is 28.3. The SMILES string of the molecule is CC(C)(C)Cc1ccc2c(CC(C)(C)C)c3c(cc2c1)c1nccc2cc(CC(C)(C)C)c4c5ccc(CC(C)(C)C)cc5n3c4c21. The molecule has 7 rings (SSSR count). The number of fused-ring (bicyclic) bond motifs is 7. The third kappa shape index (κ3) is 5.87. The van der Waals surface area contributed by atoms with E-state index in [0.29, 0.717) is 0 Å². The summed E-state index contributed by atoms with van der Waals surface area (Å²) < 4.78 is 2.68. The fourth-order valence-corrected chi connectivity index (χ4v) is 8.26. The second kappa shape index (κ2) is 10.4. The van der Waals surface area contributed by atoms with Gasteiger partial charge in [-0.2, -0.15) is 0 Å². The van der Waals surface area contributed by atoms with Crippen LogP contribution in [0, 0.1) is 21.7 Å². The van der Waals surface area contributed by atoms with Crippen LogP contribution in [0.25, 0.3) is 59.8 Å². The van der Waals surface area contributed by atoms with Crippen LogP contribution < -0.4 is 0 Å². The Labute approximate surface area is 281 Å². The fourth-order valence-electron chi connectivity index (χ4n) is 8.26. The minimum absolute atomic E-state index is 0.111. The van der Waals surface area contributed by atoms with Gasteiger partial charge in [-0.05, 0) is 104 Å². The molecule has 0 aliphatic rings. The van der Waals surface area contributed by atoms with E-state index in [1.165, 1.54) is 76.5 Å². The predicted octanol–water partition coefficient (Wildman–Crippen LogP) is 12.9. The van der Waals surface area contributed by atoms with Crippen molar-refractivity contribution in [2.24, 2.45) is 21.7 Å². The molecule has 2 heteroatoms. The topological polar surface area (TPSA) is 17.3 Å². The minimum Gasteiger partial charge on any atom is -0.308 e. The summed E-state index contributed by atoms with van der Waals surface area (Å²) in [5, 5.41) is 9.34. The molecule has 0 radical (unpaired) electrons. The molecule has 3 heterocycles. The molecule has 0 aliphatic heterocycles. The number of aromatic nitrogens is 2. The molecular formula is C45H54N2. The number of benzene rings is 4. The molecule has 0 unspecified atom stereocenters. The van der Waals surface area contributed by atoms with Gasteiger partial charge in [0, 0.05) is 27.7 Å². The molecule has 0 saturated heterocycles. The highest BCUT2D eigenvalue weighted by atomic mass is 14.9. The van der Waals surface area contributed by atoms with Crippen LogP contribution in [0.2, 0.25) is 0 Å². The van der Waals surface area contributed by atoms with Gasteiger partial charge in [0.15, 0.2) is 0 Å². The van der Waals surface area contributed by atoms with Crippen LogP contribution >= 0.6 is 0 Å². The van der Waals surface area contributed by atoms with Gasteiger partial charge in [-0.3, -0.25) is 4.98 Å². The lowest BCUT2D eigenvalue weighted by atomic mass is 9.82. The summed E-state index contributed by atoms with van der Waals surface area (Å²) in [6, 6.07) is 21.8. The van der Waals surface area contributed by atoms with Crippen LogP contribution in [0.4, 0.5) is 0 Å². The molecular weight excluding hydrogens is 569 g/mol. The number of hydrogen-bond acceptors (Lipinski definition) is 1. The zero-order valence-corrected chi connectivity index (χ0v) is 31.0. The van der Waals surface area contributed by atoms with Crippen LogP contribution in [0.1, 0.15) is 105 Å². The van der Waals surface area contributed by atoms with Gasteiger partial charge in [0.25, 0.3) is 0 Å². The van der Waals surface area contributed by atoms with Crippen molar-refractivity contribution in [3.8, 4) is 0 Å². The van der Waals surface area contributed by atoms with Gasteiger partial charge < -0.3 is 4.40 Å². The lowest BCUT2D eigenvalue weighted by molar-refractivity contribution is 0.411. The maximum Gasteiger partial charge on any atom is 0.0823 e. The van der Waals surface area contributed by atoms with E-state index < -0.39 is 0 Å². The molecule has 0 atom stereocenters. The van der Waals surface area contributed by atoms with Crippen molar-refractivity contribution in [3.05, 3.63) is 83.0 Å². The highest BCUT2D eigenvalue weighted by molar-refractivity contribution is 6.29. The van der Waals surface area contributed by atoms with Gasteiger partial charge in [0.2, 0.25) is 0 Å².